The van der Waals surface area contributed by atoms with Gasteiger partial charge in [0, 0.05) is 34.9 Å². The first-order chi connectivity index (χ1) is 12.5. The number of ether oxygens (including phenoxy) is 1. The molecule has 6 heteroatoms. The van der Waals surface area contributed by atoms with Gasteiger partial charge in [-0.15, -0.1) is 6.58 Å². The number of para-hydroxylation sites is 1. The lowest BCUT2D eigenvalue weighted by Gasteiger charge is -2.32. The molecule has 1 heterocycles. The molecule has 0 fully saturated rings. The Morgan fingerprint density at radius 2 is 2.00 bits per heavy atom. The molecule has 0 aliphatic carbocycles. The van der Waals surface area contributed by atoms with E-state index in [1.54, 1.807) is 25.8 Å². The number of carbonyl (C=O) groups excluding carboxylic acids is 1. The highest BCUT2D eigenvalue weighted by Gasteiger charge is 2.25. The Kier molecular flexibility index (Phi) is 5.32. The van der Waals surface area contributed by atoms with Crippen LogP contribution in [0.3, 0.4) is 0 Å². The summed E-state index contributed by atoms with van der Waals surface area (Å²) >= 11 is 1.69. The van der Waals surface area contributed by atoms with Crippen LogP contribution in [0.1, 0.15) is 19.4 Å². The van der Waals surface area contributed by atoms with Gasteiger partial charge in [0.05, 0.1) is 24.2 Å². The summed E-state index contributed by atoms with van der Waals surface area (Å²) in [5.74, 6) is 0.216. The minimum absolute atomic E-state index is 0.457. The quantitative estimate of drug-likeness (QED) is 0.329. The zero-order valence-corrected chi connectivity index (χ0v) is 15.8. The summed E-state index contributed by atoms with van der Waals surface area (Å²) in [6, 6.07) is 12.3. The van der Waals surface area contributed by atoms with Gasteiger partial charge < -0.3 is 14.5 Å². The fraction of sp³-hybridized carbons (Fsp3) is 0.200. The molecule has 134 valence electrons. The second-order valence-corrected chi connectivity index (χ2v) is 6.83. The molecule has 0 radical (unpaired) electrons. The van der Waals surface area contributed by atoms with Crippen LogP contribution in [0.25, 0.3) is 0 Å². The first kappa shape index (κ1) is 18.1. The minimum Gasteiger partial charge on any atom is -0.496 e. The van der Waals surface area contributed by atoms with Crippen molar-refractivity contribution < 1.29 is 14.4 Å². The smallest absolute Gasteiger partial charge is 0.331 e. The Hall–Kier alpha value is -2.73. The molecule has 0 atom stereocenters. The maximum absolute atomic E-state index is 11.0. The number of methoxy groups -OCH3 is 1. The molecule has 0 aromatic heterocycles. The van der Waals surface area contributed by atoms with Gasteiger partial charge in [0.2, 0.25) is 0 Å². The van der Waals surface area contributed by atoms with Gasteiger partial charge in [-0.3, -0.25) is 0 Å². The highest BCUT2D eigenvalue weighted by atomic mass is 32.2. The van der Waals surface area contributed by atoms with Gasteiger partial charge in [0.15, 0.2) is 0 Å². The molecule has 2 aromatic carbocycles. The van der Waals surface area contributed by atoms with Crippen LogP contribution < -0.4 is 9.64 Å². The Morgan fingerprint density at radius 1 is 1.23 bits per heavy atom. The molecule has 0 unspecified atom stereocenters. The summed E-state index contributed by atoms with van der Waals surface area (Å²) in [7, 11) is 1.62. The van der Waals surface area contributed by atoms with Gasteiger partial charge in [-0.1, -0.05) is 35.1 Å². The number of rotatable bonds is 5. The molecular weight excluding hydrogens is 348 g/mol. The summed E-state index contributed by atoms with van der Waals surface area (Å²) < 4.78 is 5.57. The second-order valence-electron chi connectivity index (χ2n) is 5.75. The number of anilines is 2. The Balaban J connectivity index is 2.11. The normalized spacial score (nSPS) is 12.9. The van der Waals surface area contributed by atoms with E-state index >= 15 is 0 Å². The third-order valence-electron chi connectivity index (χ3n) is 3.96. The van der Waals surface area contributed by atoms with E-state index in [1.807, 2.05) is 30.3 Å². The highest BCUT2D eigenvalue weighted by Crippen LogP contribution is 2.49. The predicted octanol–water partition coefficient (Wildman–Crippen LogP) is 4.77. The molecule has 0 saturated carbocycles. The molecule has 1 aliphatic rings. The van der Waals surface area contributed by atoms with E-state index in [2.05, 4.69) is 28.8 Å². The lowest BCUT2D eigenvalue weighted by Crippen LogP contribution is -2.21. The largest absolute Gasteiger partial charge is 0.496 e. The average molecular weight is 368 g/mol. The molecule has 0 amide bonds. The van der Waals surface area contributed by atoms with Crippen molar-refractivity contribution in [3.63, 3.8) is 0 Å². The van der Waals surface area contributed by atoms with Crippen LogP contribution in [0.4, 0.5) is 11.4 Å². The standard InChI is InChI=1S/C20H20N2O3S/c1-5-10-22-16-8-6-7-9-19(16)26-20-11-15(13(2)21-25-14(3)23)18(24-4)12-17(20)22/h5-9,11-12H,1,10H2,2-4H3. The first-order valence-electron chi connectivity index (χ1n) is 8.15. The van der Waals surface area contributed by atoms with Crippen molar-refractivity contribution >= 4 is 34.8 Å². The van der Waals surface area contributed by atoms with Gasteiger partial charge >= 0.3 is 5.97 Å². The molecule has 26 heavy (non-hydrogen) atoms. The van der Waals surface area contributed by atoms with E-state index in [0.717, 1.165) is 21.8 Å². The van der Waals surface area contributed by atoms with E-state index in [4.69, 9.17) is 9.57 Å². The van der Waals surface area contributed by atoms with Gasteiger partial charge in [-0.05, 0) is 25.1 Å². The number of hydrogen-bond donors (Lipinski definition) is 0. The van der Waals surface area contributed by atoms with Crippen LogP contribution in [0.2, 0.25) is 0 Å². The van der Waals surface area contributed by atoms with Gasteiger partial charge in [-0.25, -0.2) is 4.79 Å². The fourth-order valence-electron chi connectivity index (χ4n) is 2.82. The van der Waals surface area contributed by atoms with Crippen molar-refractivity contribution in [1.29, 1.82) is 0 Å². The molecular formula is C20H20N2O3S. The van der Waals surface area contributed by atoms with Crippen LogP contribution in [-0.4, -0.2) is 25.3 Å². The van der Waals surface area contributed by atoms with Gasteiger partial charge in [-0.2, -0.15) is 0 Å². The van der Waals surface area contributed by atoms with Crippen molar-refractivity contribution in [2.45, 2.75) is 23.6 Å². The summed E-state index contributed by atoms with van der Waals surface area (Å²) in [6.07, 6.45) is 1.88. The minimum atomic E-state index is -0.457. The molecule has 0 spiro atoms. The number of benzene rings is 2. The number of carbonyl (C=O) groups is 1. The number of fused-ring (bicyclic) bond motifs is 2. The van der Waals surface area contributed by atoms with Gasteiger partial charge in [0.1, 0.15) is 5.75 Å². The zero-order valence-electron chi connectivity index (χ0n) is 15.0. The van der Waals surface area contributed by atoms with Crippen molar-refractivity contribution in [3.8, 4) is 5.75 Å². The average Bonchev–Trinajstić information content (AvgIpc) is 2.65. The monoisotopic (exact) mass is 368 g/mol. The number of nitrogens with zero attached hydrogens (tertiary/aromatic N) is 2. The number of hydrogen-bond acceptors (Lipinski definition) is 6. The maximum atomic E-state index is 11.0. The molecule has 3 rings (SSSR count). The van der Waals surface area contributed by atoms with Crippen LogP contribution >= 0.6 is 11.8 Å². The Bertz CT molecular complexity index is 893. The van der Waals surface area contributed by atoms with Crippen LogP contribution in [0, 0.1) is 0 Å². The topological polar surface area (TPSA) is 51.1 Å². The molecule has 0 N–H and O–H groups in total. The summed E-state index contributed by atoms with van der Waals surface area (Å²) in [5, 5.41) is 3.90. The lowest BCUT2D eigenvalue weighted by atomic mass is 10.1. The van der Waals surface area contributed by atoms with Crippen molar-refractivity contribution in [3.05, 3.63) is 54.6 Å². The van der Waals surface area contributed by atoms with Crippen molar-refractivity contribution in [2.24, 2.45) is 5.16 Å². The lowest BCUT2D eigenvalue weighted by molar-refractivity contribution is -0.140. The summed E-state index contributed by atoms with van der Waals surface area (Å²) in [6.45, 7) is 7.68. The van der Waals surface area contributed by atoms with Crippen molar-refractivity contribution in [2.75, 3.05) is 18.6 Å². The van der Waals surface area contributed by atoms with E-state index < -0.39 is 5.97 Å². The van der Waals surface area contributed by atoms with Gasteiger partial charge in [0.25, 0.3) is 0 Å². The van der Waals surface area contributed by atoms with E-state index in [0.29, 0.717) is 18.0 Å². The fourth-order valence-corrected chi connectivity index (χ4v) is 3.93. The van der Waals surface area contributed by atoms with Crippen LogP contribution in [0.15, 0.2) is 64.0 Å². The van der Waals surface area contributed by atoms with E-state index in [9.17, 15) is 4.79 Å². The third-order valence-corrected chi connectivity index (χ3v) is 5.07. The SMILES string of the molecule is C=CCN1c2ccccc2Sc2cc(C(C)=NOC(C)=O)c(OC)cc21. The van der Waals surface area contributed by atoms with Crippen LogP contribution in [0.5, 0.6) is 5.75 Å². The number of oxime groups is 1. The molecule has 0 saturated heterocycles. The molecule has 0 bridgehead atoms. The first-order valence-corrected chi connectivity index (χ1v) is 8.96. The van der Waals surface area contributed by atoms with Crippen molar-refractivity contribution in [1.82, 2.24) is 0 Å². The predicted molar refractivity (Wildman–Crippen MR) is 105 cm³/mol. The summed E-state index contributed by atoms with van der Waals surface area (Å²) in [5.41, 5.74) is 3.56. The van der Waals surface area contributed by atoms with E-state index in [1.165, 1.54) is 11.8 Å². The van der Waals surface area contributed by atoms with Crippen LogP contribution in [-0.2, 0) is 9.63 Å². The molecule has 1 aliphatic heterocycles. The van der Waals surface area contributed by atoms with E-state index in [-0.39, 0.29) is 0 Å². The Labute approximate surface area is 157 Å². The molecule has 2 aromatic rings. The molecule has 5 nitrogen and oxygen atoms in total. The maximum Gasteiger partial charge on any atom is 0.331 e. The zero-order chi connectivity index (χ0) is 18.7. The third kappa shape index (κ3) is 3.46. The Morgan fingerprint density at radius 3 is 2.69 bits per heavy atom. The summed E-state index contributed by atoms with van der Waals surface area (Å²) in [4.78, 5) is 20.3. The second kappa shape index (κ2) is 7.66. The highest BCUT2D eigenvalue weighted by molar-refractivity contribution is 7.99.